The van der Waals surface area contributed by atoms with E-state index in [1.165, 1.54) is 0 Å². The van der Waals surface area contributed by atoms with Gasteiger partial charge in [-0.25, -0.2) is 0 Å². The van der Waals surface area contributed by atoms with Crippen molar-refractivity contribution in [3.8, 4) is 0 Å². The summed E-state index contributed by atoms with van der Waals surface area (Å²) in [6.45, 7) is 3.96. The minimum Gasteiger partial charge on any atom is -0.323 e. The van der Waals surface area contributed by atoms with E-state index < -0.39 is 0 Å². The first-order valence-electron chi connectivity index (χ1n) is 5.98. The molecule has 0 aliphatic heterocycles. The minimum absolute atomic E-state index is 0.0933. The third-order valence-corrected chi connectivity index (χ3v) is 4.45. The Kier molecular flexibility index (Phi) is 4.42. The van der Waals surface area contributed by atoms with Gasteiger partial charge in [-0.2, -0.15) is 0 Å². The molecule has 0 fully saturated rings. The fraction of sp³-hybridized carbons (Fsp3) is 0.286. The summed E-state index contributed by atoms with van der Waals surface area (Å²) in [5.41, 5.74) is 1.38. The maximum absolute atomic E-state index is 12.1. The number of hydrogen-bond acceptors (Lipinski definition) is 2. The monoisotopic (exact) mass is 340 g/mol. The first kappa shape index (κ1) is 14.3. The molecule has 0 aliphatic rings. The molecule has 1 aromatic carbocycles. The van der Waals surface area contributed by atoms with Gasteiger partial charge in [0, 0.05) is 16.6 Å². The van der Waals surface area contributed by atoms with E-state index in [0.29, 0.717) is 10.7 Å². The lowest BCUT2D eigenvalue weighted by Gasteiger charge is -2.15. The highest BCUT2D eigenvalue weighted by atomic mass is 79.9. The van der Waals surface area contributed by atoms with Crippen LogP contribution in [-0.2, 0) is 4.79 Å². The molecule has 0 radical (unpaired) electrons. The van der Waals surface area contributed by atoms with E-state index in [-0.39, 0.29) is 16.7 Å². The number of halogens is 2. The van der Waals surface area contributed by atoms with Crippen molar-refractivity contribution in [1.82, 2.24) is 4.98 Å². The van der Waals surface area contributed by atoms with Crippen LogP contribution in [-0.4, -0.2) is 15.7 Å². The average Bonchev–Trinajstić information content (AvgIpc) is 2.37. The number of carbonyl (C=O) groups excluding carboxylic acids is 1. The topological polar surface area (TPSA) is 42.0 Å². The van der Waals surface area contributed by atoms with Crippen LogP contribution in [0.25, 0.3) is 10.9 Å². The summed E-state index contributed by atoms with van der Waals surface area (Å²) in [5, 5.41) is 4.35. The van der Waals surface area contributed by atoms with E-state index in [2.05, 4.69) is 26.2 Å². The van der Waals surface area contributed by atoms with Crippen molar-refractivity contribution in [2.24, 2.45) is 5.92 Å². The molecule has 0 spiro atoms. The first-order valence-corrected chi connectivity index (χ1v) is 7.27. The number of benzene rings is 1. The Morgan fingerprint density at radius 1 is 1.42 bits per heavy atom. The van der Waals surface area contributed by atoms with Crippen LogP contribution in [0.3, 0.4) is 0 Å². The summed E-state index contributed by atoms with van der Waals surface area (Å²) in [6, 6.07) is 7.30. The Bertz CT molecular complexity index is 615. The predicted molar refractivity (Wildman–Crippen MR) is 82.9 cm³/mol. The quantitative estimate of drug-likeness (QED) is 0.848. The average molecular weight is 342 g/mol. The van der Waals surface area contributed by atoms with Crippen LogP contribution in [0.1, 0.15) is 13.8 Å². The van der Waals surface area contributed by atoms with Gasteiger partial charge in [-0.15, -0.1) is 0 Å². The van der Waals surface area contributed by atoms with E-state index in [9.17, 15) is 4.79 Å². The Labute approximate surface area is 125 Å². The zero-order chi connectivity index (χ0) is 14.0. The second-order valence-corrected chi connectivity index (χ2v) is 6.09. The second kappa shape index (κ2) is 5.88. The number of aromatic nitrogens is 1. The van der Waals surface area contributed by atoms with Crippen LogP contribution < -0.4 is 5.32 Å². The molecule has 5 heteroatoms. The van der Waals surface area contributed by atoms with Crippen LogP contribution in [0.5, 0.6) is 0 Å². The highest BCUT2D eigenvalue weighted by molar-refractivity contribution is 9.10. The van der Waals surface area contributed by atoms with E-state index in [1.54, 1.807) is 12.3 Å². The lowest BCUT2D eigenvalue weighted by atomic mass is 10.1. The zero-order valence-corrected chi connectivity index (χ0v) is 13.0. The normalized spacial score (nSPS) is 12.7. The molecule has 1 heterocycles. The number of nitrogens with zero attached hydrogens (tertiary/aromatic N) is 1. The van der Waals surface area contributed by atoms with Crippen LogP contribution in [0.15, 0.2) is 30.5 Å². The molecule has 2 aromatic rings. The number of nitrogens with one attached hydrogen (secondary N) is 1. The smallest absolute Gasteiger partial charge is 0.238 e. The molecule has 3 nitrogen and oxygen atoms in total. The fourth-order valence-electron chi connectivity index (χ4n) is 1.76. The van der Waals surface area contributed by atoms with Gasteiger partial charge in [0.05, 0.1) is 16.0 Å². The van der Waals surface area contributed by atoms with Gasteiger partial charge < -0.3 is 5.32 Å². The Morgan fingerprint density at radius 2 is 2.16 bits per heavy atom. The van der Waals surface area contributed by atoms with Crippen molar-refractivity contribution in [2.75, 3.05) is 5.32 Å². The van der Waals surface area contributed by atoms with Crippen molar-refractivity contribution in [3.63, 3.8) is 0 Å². The van der Waals surface area contributed by atoms with Crippen LogP contribution in [0, 0.1) is 5.92 Å². The van der Waals surface area contributed by atoms with Gasteiger partial charge in [0.15, 0.2) is 0 Å². The minimum atomic E-state index is -0.245. The summed E-state index contributed by atoms with van der Waals surface area (Å²) in [4.78, 5) is 16.1. The number of rotatable bonds is 3. The van der Waals surface area contributed by atoms with Gasteiger partial charge in [-0.1, -0.05) is 47.4 Å². The van der Waals surface area contributed by atoms with Gasteiger partial charge >= 0.3 is 0 Å². The lowest BCUT2D eigenvalue weighted by Crippen LogP contribution is -2.27. The molecule has 0 bridgehead atoms. The fourth-order valence-corrected chi connectivity index (χ4v) is 2.10. The molecule has 19 heavy (non-hydrogen) atoms. The maximum Gasteiger partial charge on any atom is 0.238 e. The molecule has 1 atom stereocenters. The standard InChI is InChI=1S/C14H14BrClN2O/c1-8(2)12(15)14(19)18-11-7-10(16)6-9-4-3-5-17-13(9)11/h3-8,12H,1-2H3,(H,18,19). The van der Waals surface area contributed by atoms with Gasteiger partial charge in [0.2, 0.25) is 5.91 Å². The van der Waals surface area contributed by atoms with Crippen LogP contribution in [0.4, 0.5) is 5.69 Å². The Hall–Kier alpha value is -1.13. The number of amides is 1. The Morgan fingerprint density at radius 3 is 2.84 bits per heavy atom. The van der Waals surface area contributed by atoms with E-state index in [4.69, 9.17) is 11.6 Å². The number of fused-ring (bicyclic) bond motifs is 1. The van der Waals surface area contributed by atoms with Gasteiger partial charge in [0.25, 0.3) is 0 Å². The SMILES string of the molecule is CC(C)C(Br)C(=O)Nc1cc(Cl)cc2cccnc12. The van der Waals surface area contributed by atoms with Crippen molar-refractivity contribution >= 4 is 50.0 Å². The molecule has 100 valence electrons. The largest absolute Gasteiger partial charge is 0.323 e. The molecule has 0 saturated heterocycles. The third-order valence-electron chi connectivity index (χ3n) is 2.76. The molecule has 0 saturated carbocycles. The highest BCUT2D eigenvalue weighted by Gasteiger charge is 2.19. The van der Waals surface area contributed by atoms with Crippen molar-refractivity contribution in [1.29, 1.82) is 0 Å². The maximum atomic E-state index is 12.1. The van der Waals surface area contributed by atoms with Gasteiger partial charge in [-0.05, 0) is 24.1 Å². The molecular formula is C14H14BrClN2O. The number of alkyl halides is 1. The third kappa shape index (κ3) is 3.25. The van der Waals surface area contributed by atoms with Gasteiger partial charge in [0.1, 0.15) is 0 Å². The molecule has 0 aliphatic carbocycles. The number of carbonyl (C=O) groups is 1. The van der Waals surface area contributed by atoms with E-state index in [1.807, 2.05) is 32.0 Å². The summed E-state index contributed by atoms with van der Waals surface area (Å²) in [5.74, 6) is 0.114. The summed E-state index contributed by atoms with van der Waals surface area (Å²) in [6.07, 6.45) is 1.69. The lowest BCUT2D eigenvalue weighted by molar-refractivity contribution is -0.116. The summed E-state index contributed by atoms with van der Waals surface area (Å²) < 4.78 is 0. The van der Waals surface area contributed by atoms with Crippen molar-refractivity contribution < 1.29 is 4.79 Å². The number of hydrogen-bond donors (Lipinski definition) is 1. The number of anilines is 1. The summed E-state index contributed by atoms with van der Waals surface area (Å²) in [7, 11) is 0. The van der Waals surface area contributed by atoms with Crippen molar-refractivity contribution in [3.05, 3.63) is 35.5 Å². The van der Waals surface area contributed by atoms with Crippen LogP contribution in [0.2, 0.25) is 5.02 Å². The van der Waals surface area contributed by atoms with E-state index in [0.717, 1.165) is 10.9 Å². The molecule has 1 amide bonds. The van der Waals surface area contributed by atoms with E-state index >= 15 is 0 Å². The molecule has 1 N–H and O–H groups in total. The first-order chi connectivity index (χ1) is 8.99. The molecule has 1 unspecified atom stereocenters. The molecular weight excluding hydrogens is 328 g/mol. The number of pyridine rings is 1. The zero-order valence-electron chi connectivity index (χ0n) is 10.7. The molecule has 1 aromatic heterocycles. The van der Waals surface area contributed by atoms with Crippen molar-refractivity contribution in [2.45, 2.75) is 18.7 Å². The molecule has 2 rings (SSSR count). The van der Waals surface area contributed by atoms with Gasteiger partial charge in [-0.3, -0.25) is 9.78 Å². The second-order valence-electron chi connectivity index (χ2n) is 4.66. The predicted octanol–water partition coefficient (Wildman–Crippen LogP) is 4.25. The summed E-state index contributed by atoms with van der Waals surface area (Å²) >= 11 is 9.44. The van der Waals surface area contributed by atoms with Crippen LogP contribution >= 0.6 is 27.5 Å². The highest BCUT2D eigenvalue weighted by Crippen LogP contribution is 2.27. The Balaban J connectivity index is 2.37.